The topological polar surface area (TPSA) is 81.4 Å². The van der Waals surface area contributed by atoms with Gasteiger partial charge in [0, 0.05) is 11.3 Å². The molecule has 0 heterocycles. The summed E-state index contributed by atoms with van der Waals surface area (Å²) in [4.78, 5) is 24.7. The fraction of sp³-hybridized carbons (Fsp3) is 0.500. The lowest BCUT2D eigenvalue weighted by molar-refractivity contribution is -0.143. The Morgan fingerprint density at radius 3 is 2.44 bits per heavy atom. The maximum Gasteiger partial charge on any atom is 0.328 e. The molecule has 1 atom stereocenters. The van der Waals surface area contributed by atoms with E-state index in [1.54, 1.807) is 18.2 Å². The molecule has 0 saturated heterocycles. The van der Waals surface area contributed by atoms with Gasteiger partial charge >= 0.3 is 5.97 Å². The summed E-state index contributed by atoms with van der Waals surface area (Å²) in [5, 5.41) is 2.78. The van der Waals surface area contributed by atoms with Crippen LogP contribution in [0.25, 0.3) is 6.08 Å². The van der Waals surface area contributed by atoms with Gasteiger partial charge in [-0.15, -0.1) is 0 Å². The fourth-order valence-corrected chi connectivity index (χ4v) is 2.33. The molecular weight excluding hydrogens is 316 g/mol. The molecular formula is C20H30N2O3. The number of carbonyl (C=O) groups excluding carboxylic acids is 2. The van der Waals surface area contributed by atoms with Crippen molar-refractivity contribution in [3.8, 4) is 0 Å². The number of hydrogen-bond acceptors (Lipinski definition) is 4. The Balaban J connectivity index is 3.11. The molecule has 25 heavy (non-hydrogen) atoms. The summed E-state index contributed by atoms with van der Waals surface area (Å²) >= 11 is 0. The maximum absolute atomic E-state index is 12.7. The Hall–Kier alpha value is -2.30. The van der Waals surface area contributed by atoms with Gasteiger partial charge in [0.15, 0.2) is 0 Å². The van der Waals surface area contributed by atoms with Crippen LogP contribution in [0.2, 0.25) is 0 Å². The Morgan fingerprint density at radius 2 is 1.92 bits per heavy atom. The monoisotopic (exact) mass is 346 g/mol. The second-order valence-corrected chi connectivity index (χ2v) is 7.72. The number of rotatable bonds is 6. The summed E-state index contributed by atoms with van der Waals surface area (Å²) in [5.74, 6) is -0.509. The number of anilines is 1. The van der Waals surface area contributed by atoms with E-state index in [0.29, 0.717) is 17.7 Å². The average molecular weight is 346 g/mol. The van der Waals surface area contributed by atoms with Crippen molar-refractivity contribution in [1.29, 1.82) is 0 Å². The van der Waals surface area contributed by atoms with Gasteiger partial charge in [-0.05, 0) is 41.5 Å². The Labute approximate surface area is 150 Å². The molecule has 0 radical (unpaired) electrons. The molecule has 1 aromatic carbocycles. The van der Waals surface area contributed by atoms with E-state index in [0.717, 1.165) is 5.56 Å². The van der Waals surface area contributed by atoms with Gasteiger partial charge in [0.2, 0.25) is 0 Å². The summed E-state index contributed by atoms with van der Waals surface area (Å²) in [6.07, 6.45) is 4.42. The van der Waals surface area contributed by atoms with Crippen molar-refractivity contribution in [3.05, 3.63) is 35.4 Å². The van der Waals surface area contributed by atoms with Crippen LogP contribution in [0, 0.1) is 11.3 Å². The van der Waals surface area contributed by atoms with Gasteiger partial charge in [0.05, 0.1) is 7.11 Å². The van der Waals surface area contributed by atoms with Crippen LogP contribution in [0.5, 0.6) is 0 Å². The van der Waals surface area contributed by atoms with Gasteiger partial charge < -0.3 is 15.8 Å². The number of nitrogen functional groups attached to an aromatic ring is 1. The van der Waals surface area contributed by atoms with Crippen molar-refractivity contribution in [2.75, 3.05) is 12.8 Å². The van der Waals surface area contributed by atoms with E-state index in [9.17, 15) is 9.59 Å². The van der Waals surface area contributed by atoms with Gasteiger partial charge in [-0.2, -0.15) is 0 Å². The number of nitrogens with two attached hydrogens (primary N) is 1. The molecule has 0 aliphatic heterocycles. The highest BCUT2D eigenvalue weighted by atomic mass is 16.5. The molecule has 1 aromatic rings. The molecule has 0 saturated carbocycles. The summed E-state index contributed by atoms with van der Waals surface area (Å²) in [5.41, 5.74) is 7.62. The molecule has 0 fully saturated rings. The van der Waals surface area contributed by atoms with Crippen molar-refractivity contribution in [2.45, 2.75) is 47.1 Å². The van der Waals surface area contributed by atoms with Crippen LogP contribution >= 0.6 is 0 Å². The number of ether oxygens (including phenoxy) is 1. The Morgan fingerprint density at radius 1 is 1.28 bits per heavy atom. The number of allylic oxidation sites excluding steroid dienone is 1. The second kappa shape index (κ2) is 8.70. The standard InChI is InChI=1S/C20H30N2O3/c1-13(2)11-17(19(24)25-6)22-18(23)16-8-7-15(21)12-14(16)9-10-20(3,4)5/h7-10,12-13,17H,11,21H2,1-6H3,(H,22,23)/b10-9-/t17-/m0/s1. The van der Waals surface area contributed by atoms with E-state index in [1.807, 2.05) is 26.0 Å². The summed E-state index contributed by atoms with van der Waals surface area (Å²) < 4.78 is 4.80. The number of nitrogens with one attached hydrogen (secondary N) is 1. The molecule has 1 rings (SSSR count). The molecule has 0 aliphatic rings. The molecule has 0 aliphatic carbocycles. The number of carbonyl (C=O) groups is 2. The molecule has 0 bridgehead atoms. The maximum atomic E-state index is 12.7. The molecule has 0 unspecified atom stereocenters. The number of hydrogen-bond donors (Lipinski definition) is 2. The number of benzene rings is 1. The van der Waals surface area contributed by atoms with Gasteiger partial charge in [-0.25, -0.2) is 4.79 Å². The van der Waals surface area contributed by atoms with Crippen molar-refractivity contribution in [3.63, 3.8) is 0 Å². The normalized spacial score (nSPS) is 13.1. The van der Waals surface area contributed by atoms with Crippen molar-refractivity contribution < 1.29 is 14.3 Å². The number of methoxy groups -OCH3 is 1. The average Bonchev–Trinajstić information content (AvgIpc) is 2.50. The molecule has 5 nitrogen and oxygen atoms in total. The van der Waals surface area contributed by atoms with Crippen molar-refractivity contribution in [1.82, 2.24) is 5.32 Å². The van der Waals surface area contributed by atoms with Gasteiger partial charge in [-0.3, -0.25) is 4.79 Å². The van der Waals surface area contributed by atoms with Crippen LogP contribution in [0.4, 0.5) is 5.69 Å². The van der Waals surface area contributed by atoms with Crippen LogP contribution in [-0.4, -0.2) is 25.0 Å². The zero-order valence-corrected chi connectivity index (χ0v) is 16.1. The third-order valence-electron chi connectivity index (χ3n) is 3.58. The molecule has 3 N–H and O–H groups in total. The minimum Gasteiger partial charge on any atom is -0.467 e. The quantitative estimate of drug-likeness (QED) is 0.608. The molecule has 0 aromatic heterocycles. The highest BCUT2D eigenvalue weighted by Crippen LogP contribution is 2.21. The highest BCUT2D eigenvalue weighted by molar-refractivity contribution is 6.00. The van der Waals surface area contributed by atoms with Crippen LogP contribution in [-0.2, 0) is 9.53 Å². The van der Waals surface area contributed by atoms with Crippen LogP contribution in [0.15, 0.2) is 24.3 Å². The third kappa shape index (κ3) is 6.99. The summed E-state index contributed by atoms with van der Waals surface area (Å²) in [7, 11) is 1.32. The Bertz CT molecular complexity index is 643. The predicted molar refractivity (Wildman–Crippen MR) is 102 cm³/mol. The van der Waals surface area contributed by atoms with Gasteiger partial charge in [-0.1, -0.05) is 46.8 Å². The van der Waals surface area contributed by atoms with Crippen LogP contribution < -0.4 is 11.1 Å². The minimum atomic E-state index is -0.672. The lowest BCUT2D eigenvalue weighted by Crippen LogP contribution is -2.42. The van der Waals surface area contributed by atoms with E-state index in [1.165, 1.54) is 7.11 Å². The van der Waals surface area contributed by atoms with Gasteiger partial charge in [0.1, 0.15) is 6.04 Å². The van der Waals surface area contributed by atoms with Crippen LogP contribution in [0.1, 0.15) is 57.0 Å². The summed E-state index contributed by atoms with van der Waals surface area (Å²) in [6, 6.07) is 4.44. The first-order valence-electron chi connectivity index (χ1n) is 8.51. The van der Waals surface area contributed by atoms with Crippen molar-refractivity contribution in [2.24, 2.45) is 11.3 Å². The lowest BCUT2D eigenvalue weighted by atomic mass is 9.94. The van der Waals surface area contributed by atoms with E-state index in [4.69, 9.17) is 10.5 Å². The predicted octanol–water partition coefficient (Wildman–Crippen LogP) is 3.65. The Kier molecular flexibility index (Phi) is 7.22. The SMILES string of the molecule is COC(=O)[C@H](CC(C)C)NC(=O)c1ccc(N)cc1/C=C\C(C)(C)C. The number of amides is 1. The van der Waals surface area contributed by atoms with E-state index < -0.39 is 12.0 Å². The number of esters is 1. The fourth-order valence-electron chi connectivity index (χ4n) is 2.33. The van der Waals surface area contributed by atoms with Gasteiger partial charge in [0.25, 0.3) is 5.91 Å². The van der Waals surface area contributed by atoms with E-state index in [2.05, 4.69) is 26.1 Å². The zero-order valence-electron chi connectivity index (χ0n) is 16.1. The smallest absolute Gasteiger partial charge is 0.328 e. The van der Waals surface area contributed by atoms with E-state index >= 15 is 0 Å². The highest BCUT2D eigenvalue weighted by Gasteiger charge is 2.24. The van der Waals surface area contributed by atoms with Crippen LogP contribution in [0.3, 0.4) is 0 Å². The summed E-state index contributed by atoms with van der Waals surface area (Å²) in [6.45, 7) is 10.2. The van der Waals surface area contributed by atoms with E-state index in [-0.39, 0.29) is 17.2 Å². The van der Waals surface area contributed by atoms with Crippen molar-refractivity contribution >= 4 is 23.6 Å². The lowest BCUT2D eigenvalue weighted by Gasteiger charge is -2.19. The minimum absolute atomic E-state index is 0.0233. The molecule has 1 amide bonds. The second-order valence-electron chi connectivity index (χ2n) is 7.72. The largest absolute Gasteiger partial charge is 0.467 e. The molecule has 0 spiro atoms. The molecule has 138 valence electrons. The first-order valence-corrected chi connectivity index (χ1v) is 8.51. The first-order chi connectivity index (χ1) is 11.5. The third-order valence-corrected chi connectivity index (χ3v) is 3.58. The first kappa shape index (κ1) is 20.7. The molecule has 5 heteroatoms. The zero-order chi connectivity index (χ0) is 19.2.